The van der Waals surface area contributed by atoms with Gasteiger partial charge in [0.15, 0.2) is 6.29 Å². The fourth-order valence-corrected chi connectivity index (χ4v) is 2.48. The number of ether oxygens (including phenoxy) is 3. The Hall–Kier alpha value is -0.130. The number of hydrogen-bond donors (Lipinski definition) is 0. The van der Waals surface area contributed by atoms with Crippen LogP contribution in [-0.4, -0.2) is 38.4 Å². The third-order valence-electron chi connectivity index (χ3n) is 3.40. The van der Waals surface area contributed by atoms with Gasteiger partial charge in [0.1, 0.15) is 0 Å². The first-order valence-electron chi connectivity index (χ1n) is 8.01. The minimum atomic E-state index is -0.318. The van der Waals surface area contributed by atoms with Gasteiger partial charge in [-0.2, -0.15) is 0 Å². The predicted molar refractivity (Wildman–Crippen MR) is 88.7 cm³/mol. The van der Waals surface area contributed by atoms with E-state index >= 15 is 0 Å². The molecule has 0 rings (SSSR count). The Morgan fingerprint density at radius 3 is 1.95 bits per heavy atom. The number of unbranched alkanes of at least 4 members (excludes halogenated alkanes) is 7. The van der Waals surface area contributed by atoms with Gasteiger partial charge in [0.05, 0.1) is 13.0 Å². The fraction of sp³-hybridized carbons (Fsp3) is 0.938. The predicted octanol–water partition coefficient (Wildman–Crippen LogP) is 4.44. The highest BCUT2D eigenvalue weighted by molar-refractivity contribution is 9.09. The number of carbonyl (C=O) groups is 1. The van der Waals surface area contributed by atoms with Gasteiger partial charge in [-0.3, -0.25) is 4.79 Å². The Morgan fingerprint density at radius 1 is 0.905 bits per heavy atom. The molecule has 21 heavy (non-hydrogen) atoms. The summed E-state index contributed by atoms with van der Waals surface area (Å²) >= 11 is 3.44. The average molecular weight is 367 g/mol. The minimum Gasteiger partial charge on any atom is -0.466 e. The molecule has 0 radical (unpaired) electrons. The highest BCUT2D eigenvalue weighted by Gasteiger charge is 2.09. The molecule has 0 aromatic heterocycles. The van der Waals surface area contributed by atoms with Gasteiger partial charge in [-0.25, -0.2) is 0 Å². The molecule has 0 aliphatic rings. The first-order valence-corrected chi connectivity index (χ1v) is 9.14. The summed E-state index contributed by atoms with van der Waals surface area (Å²) in [4.78, 5) is 11.5. The molecular weight excluding hydrogens is 336 g/mol. The van der Waals surface area contributed by atoms with Gasteiger partial charge >= 0.3 is 5.97 Å². The number of alkyl halides is 1. The SMILES string of the molecule is COC(CCC(=O)OCCCCCCCCCCBr)OC. The lowest BCUT2D eigenvalue weighted by Gasteiger charge is -2.12. The zero-order valence-electron chi connectivity index (χ0n) is 13.6. The van der Waals surface area contributed by atoms with E-state index in [1.54, 1.807) is 14.2 Å². The van der Waals surface area contributed by atoms with Crippen LogP contribution in [-0.2, 0) is 19.0 Å². The van der Waals surface area contributed by atoms with Crippen LogP contribution in [0.15, 0.2) is 0 Å². The smallest absolute Gasteiger partial charge is 0.305 e. The fourth-order valence-electron chi connectivity index (χ4n) is 2.08. The molecule has 4 nitrogen and oxygen atoms in total. The second kappa shape index (κ2) is 16.2. The lowest BCUT2D eigenvalue weighted by molar-refractivity contribution is -0.148. The van der Waals surface area contributed by atoms with Gasteiger partial charge in [0, 0.05) is 26.0 Å². The van der Waals surface area contributed by atoms with E-state index in [2.05, 4.69) is 15.9 Å². The lowest BCUT2D eigenvalue weighted by atomic mass is 10.1. The van der Waals surface area contributed by atoms with Crippen molar-refractivity contribution in [3.05, 3.63) is 0 Å². The normalized spacial score (nSPS) is 11.0. The molecule has 5 heteroatoms. The van der Waals surface area contributed by atoms with E-state index in [-0.39, 0.29) is 12.3 Å². The van der Waals surface area contributed by atoms with Crippen molar-refractivity contribution in [2.45, 2.75) is 70.5 Å². The molecule has 0 saturated heterocycles. The van der Waals surface area contributed by atoms with Crippen molar-refractivity contribution in [2.75, 3.05) is 26.2 Å². The van der Waals surface area contributed by atoms with Gasteiger partial charge in [0.25, 0.3) is 0 Å². The molecule has 0 unspecified atom stereocenters. The first kappa shape index (κ1) is 20.9. The molecule has 0 N–H and O–H groups in total. The molecule has 0 bridgehead atoms. The summed E-state index contributed by atoms with van der Waals surface area (Å²) in [5.41, 5.74) is 0. The Bertz CT molecular complexity index is 232. The van der Waals surface area contributed by atoms with Crippen LogP contribution in [0.5, 0.6) is 0 Å². The van der Waals surface area contributed by atoms with E-state index < -0.39 is 0 Å². The standard InChI is InChI=1S/C16H31BrO4/c1-19-16(20-2)12-11-15(18)21-14-10-8-6-4-3-5-7-9-13-17/h16H,3-14H2,1-2H3. The van der Waals surface area contributed by atoms with Gasteiger partial charge in [-0.15, -0.1) is 0 Å². The summed E-state index contributed by atoms with van der Waals surface area (Å²) < 4.78 is 15.2. The lowest BCUT2D eigenvalue weighted by Crippen LogP contribution is -2.16. The van der Waals surface area contributed by atoms with Crippen LogP contribution in [0.25, 0.3) is 0 Å². The van der Waals surface area contributed by atoms with Crippen LogP contribution in [0.2, 0.25) is 0 Å². The summed E-state index contributed by atoms with van der Waals surface area (Å²) in [7, 11) is 3.14. The van der Waals surface area contributed by atoms with Crippen molar-refractivity contribution in [1.29, 1.82) is 0 Å². The van der Waals surface area contributed by atoms with Crippen LogP contribution < -0.4 is 0 Å². The summed E-state index contributed by atoms with van der Waals surface area (Å²) in [6.07, 6.45) is 10.5. The third kappa shape index (κ3) is 14.6. The number of methoxy groups -OCH3 is 2. The van der Waals surface area contributed by atoms with Gasteiger partial charge in [0.2, 0.25) is 0 Å². The zero-order valence-corrected chi connectivity index (χ0v) is 15.2. The molecular formula is C16H31BrO4. The maximum absolute atomic E-state index is 11.5. The van der Waals surface area contributed by atoms with Crippen LogP contribution in [0, 0.1) is 0 Å². The number of hydrogen-bond acceptors (Lipinski definition) is 4. The molecule has 0 fully saturated rings. The highest BCUT2D eigenvalue weighted by atomic mass is 79.9. The highest BCUT2D eigenvalue weighted by Crippen LogP contribution is 2.09. The van der Waals surface area contributed by atoms with E-state index in [4.69, 9.17) is 14.2 Å². The molecule has 0 aromatic carbocycles. The molecule has 0 heterocycles. The van der Waals surface area contributed by atoms with Crippen LogP contribution >= 0.6 is 15.9 Å². The van der Waals surface area contributed by atoms with Crippen molar-refractivity contribution in [2.24, 2.45) is 0 Å². The molecule has 0 aromatic rings. The first-order chi connectivity index (χ1) is 10.2. The summed E-state index contributed by atoms with van der Waals surface area (Å²) in [6, 6.07) is 0. The van der Waals surface area contributed by atoms with E-state index in [1.807, 2.05) is 0 Å². The Morgan fingerprint density at radius 2 is 1.43 bits per heavy atom. The second-order valence-electron chi connectivity index (χ2n) is 5.18. The number of rotatable bonds is 15. The summed E-state index contributed by atoms with van der Waals surface area (Å²) in [6.45, 7) is 0.535. The number of halogens is 1. The van der Waals surface area contributed by atoms with E-state index in [0.29, 0.717) is 19.4 Å². The summed E-state index contributed by atoms with van der Waals surface area (Å²) in [5.74, 6) is -0.163. The average Bonchev–Trinajstić information content (AvgIpc) is 2.50. The van der Waals surface area contributed by atoms with Crippen molar-refractivity contribution in [3.8, 4) is 0 Å². The van der Waals surface area contributed by atoms with Crippen molar-refractivity contribution >= 4 is 21.9 Å². The zero-order chi connectivity index (χ0) is 15.8. The van der Waals surface area contributed by atoms with Crippen LogP contribution in [0.4, 0.5) is 0 Å². The molecule has 0 atom stereocenters. The maximum Gasteiger partial charge on any atom is 0.305 e. The Kier molecular flexibility index (Phi) is 16.1. The van der Waals surface area contributed by atoms with Crippen LogP contribution in [0.1, 0.15) is 64.2 Å². The van der Waals surface area contributed by atoms with Gasteiger partial charge < -0.3 is 14.2 Å². The molecule has 126 valence electrons. The topological polar surface area (TPSA) is 44.8 Å². The second-order valence-corrected chi connectivity index (χ2v) is 5.97. The molecule has 0 saturated carbocycles. The number of esters is 1. The van der Waals surface area contributed by atoms with E-state index in [9.17, 15) is 4.79 Å². The Balaban J connectivity index is 3.25. The van der Waals surface area contributed by atoms with E-state index in [0.717, 1.165) is 18.2 Å². The summed E-state index contributed by atoms with van der Waals surface area (Å²) in [5, 5.41) is 1.12. The van der Waals surface area contributed by atoms with Crippen molar-refractivity contribution in [1.82, 2.24) is 0 Å². The maximum atomic E-state index is 11.5. The van der Waals surface area contributed by atoms with E-state index in [1.165, 1.54) is 38.5 Å². The quantitative estimate of drug-likeness (QED) is 0.186. The molecule has 0 spiro atoms. The van der Waals surface area contributed by atoms with Crippen LogP contribution in [0.3, 0.4) is 0 Å². The largest absolute Gasteiger partial charge is 0.466 e. The molecule has 0 amide bonds. The minimum absolute atomic E-state index is 0.163. The number of carbonyl (C=O) groups excluding carboxylic acids is 1. The Labute approximate surface area is 138 Å². The third-order valence-corrected chi connectivity index (χ3v) is 3.96. The van der Waals surface area contributed by atoms with Crippen molar-refractivity contribution in [3.63, 3.8) is 0 Å². The monoisotopic (exact) mass is 366 g/mol. The van der Waals surface area contributed by atoms with Gasteiger partial charge in [-0.05, 0) is 12.8 Å². The van der Waals surface area contributed by atoms with Crippen molar-refractivity contribution < 1.29 is 19.0 Å². The molecule has 0 aliphatic carbocycles. The van der Waals surface area contributed by atoms with Gasteiger partial charge in [-0.1, -0.05) is 54.5 Å². The molecule has 0 aliphatic heterocycles.